The number of alkyl halides is 6. The number of hydrogen-bond acceptors (Lipinski definition) is 7. The SMILES string of the molecule is [C-]#[N+]/C(=C(/C#N)c1ccc(OS(=O)(=O)C(F)(F)F)cc1)c1ccc(OS(=O)(=O)C(F)(F)F)cc1. The third-order valence-electron chi connectivity index (χ3n) is 3.71. The fourth-order valence-corrected chi connectivity index (χ4v) is 3.13. The summed E-state index contributed by atoms with van der Waals surface area (Å²) in [5.41, 5.74) is -12.1. The molecule has 0 unspecified atom stereocenters. The van der Waals surface area contributed by atoms with Gasteiger partial charge in [-0.3, -0.25) is 0 Å². The number of halogens is 6. The van der Waals surface area contributed by atoms with Gasteiger partial charge in [0, 0.05) is 0 Å². The Hall–Kier alpha value is -3.76. The molecule has 8 nitrogen and oxygen atoms in total. The van der Waals surface area contributed by atoms with Crippen LogP contribution in [0.25, 0.3) is 16.1 Å². The average molecular weight is 526 g/mol. The first-order valence-electron chi connectivity index (χ1n) is 8.26. The maximum absolute atomic E-state index is 12.4. The van der Waals surface area contributed by atoms with E-state index in [1.807, 2.05) is 0 Å². The van der Waals surface area contributed by atoms with E-state index in [2.05, 4.69) is 13.2 Å². The average Bonchev–Trinajstić information content (AvgIpc) is 2.71. The molecule has 180 valence electrons. The zero-order valence-corrected chi connectivity index (χ0v) is 17.7. The minimum Gasteiger partial charge on any atom is -0.376 e. The van der Waals surface area contributed by atoms with Crippen molar-refractivity contribution in [1.82, 2.24) is 0 Å². The second kappa shape index (κ2) is 9.24. The van der Waals surface area contributed by atoms with Gasteiger partial charge >= 0.3 is 31.3 Å². The number of benzene rings is 2. The molecule has 0 aliphatic rings. The Labute approximate surface area is 188 Å². The van der Waals surface area contributed by atoms with Gasteiger partial charge in [-0.15, -0.1) is 0 Å². The summed E-state index contributed by atoms with van der Waals surface area (Å²) >= 11 is 0. The molecule has 34 heavy (non-hydrogen) atoms. The van der Waals surface area contributed by atoms with Crippen LogP contribution in [-0.4, -0.2) is 27.9 Å². The van der Waals surface area contributed by atoms with Crippen LogP contribution in [0.4, 0.5) is 26.3 Å². The molecule has 0 spiro atoms. The van der Waals surface area contributed by atoms with Gasteiger partial charge in [-0.05, 0) is 35.4 Å². The molecular formula is C18H8F6N2O6S2. The van der Waals surface area contributed by atoms with Crippen molar-refractivity contribution in [3.05, 3.63) is 71.1 Å². The number of hydrogen-bond donors (Lipinski definition) is 0. The van der Waals surface area contributed by atoms with Gasteiger partial charge in [0.2, 0.25) is 5.70 Å². The number of nitriles is 1. The van der Waals surface area contributed by atoms with Crippen LogP contribution in [-0.2, 0) is 20.2 Å². The molecule has 2 rings (SSSR count). The molecule has 0 radical (unpaired) electrons. The van der Waals surface area contributed by atoms with Crippen LogP contribution >= 0.6 is 0 Å². The largest absolute Gasteiger partial charge is 0.534 e. The first kappa shape index (κ1) is 26.5. The monoisotopic (exact) mass is 526 g/mol. The molecule has 0 atom stereocenters. The van der Waals surface area contributed by atoms with Gasteiger partial charge in [-0.2, -0.15) is 48.4 Å². The van der Waals surface area contributed by atoms with Gasteiger partial charge in [-0.25, -0.2) is 4.85 Å². The molecular weight excluding hydrogens is 518 g/mol. The predicted octanol–water partition coefficient (Wildman–Crippen LogP) is 4.45. The first-order chi connectivity index (χ1) is 15.5. The molecule has 0 aliphatic carbocycles. The van der Waals surface area contributed by atoms with Crippen molar-refractivity contribution in [2.75, 3.05) is 0 Å². The number of allylic oxidation sites excluding steroid dienone is 1. The first-order valence-corrected chi connectivity index (χ1v) is 11.1. The molecule has 0 saturated heterocycles. The zero-order valence-electron chi connectivity index (χ0n) is 16.0. The second-order valence-electron chi connectivity index (χ2n) is 5.96. The summed E-state index contributed by atoms with van der Waals surface area (Å²) < 4.78 is 126. The van der Waals surface area contributed by atoms with Crippen LogP contribution in [0, 0.1) is 17.9 Å². The highest BCUT2D eigenvalue weighted by molar-refractivity contribution is 7.88. The summed E-state index contributed by atoms with van der Waals surface area (Å²) in [7, 11) is -11.9. The van der Waals surface area contributed by atoms with Gasteiger partial charge < -0.3 is 8.37 Å². The van der Waals surface area contributed by atoms with Gasteiger partial charge in [0.25, 0.3) is 0 Å². The molecule has 2 aromatic carbocycles. The van der Waals surface area contributed by atoms with Crippen molar-refractivity contribution < 1.29 is 51.5 Å². The van der Waals surface area contributed by atoms with Gasteiger partial charge in [0.15, 0.2) is 0 Å². The quantitative estimate of drug-likeness (QED) is 0.136. The van der Waals surface area contributed by atoms with Gasteiger partial charge in [0.1, 0.15) is 11.5 Å². The lowest BCUT2D eigenvalue weighted by Crippen LogP contribution is -2.28. The third-order valence-corrected chi connectivity index (χ3v) is 5.67. The lowest BCUT2D eigenvalue weighted by Gasteiger charge is -2.11. The Morgan fingerprint density at radius 1 is 0.765 bits per heavy atom. The fourth-order valence-electron chi connectivity index (χ4n) is 2.21. The molecule has 0 fully saturated rings. The van der Waals surface area contributed by atoms with E-state index >= 15 is 0 Å². The van der Waals surface area contributed by atoms with Crippen LogP contribution < -0.4 is 8.37 Å². The molecule has 0 bridgehead atoms. The van der Waals surface area contributed by atoms with Crippen LogP contribution in [0.1, 0.15) is 11.1 Å². The summed E-state index contributed by atoms with van der Waals surface area (Å²) in [6.45, 7) is 7.30. The Bertz CT molecular complexity index is 1290. The third kappa shape index (κ3) is 5.77. The molecule has 0 N–H and O–H groups in total. The van der Waals surface area contributed by atoms with Crippen LogP contribution in [0.5, 0.6) is 11.5 Å². The highest BCUT2D eigenvalue weighted by atomic mass is 32.2. The van der Waals surface area contributed by atoms with E-state index < -0.39 is 42.8 Å². The molecule has 0 aliphatic heterocycles. The van der Waals surface area contributed by atoms with E-state index in [-0.39, 0.29) is 22.4 Å². The van der Waals surface area contributed by atoms with E-state index in [4.69, 9.17) is 6.57 Å². The predicted molar refractivity (Wildman–Crippen MR) is 103 cm³/mol. The van der Waals surface area contributed by atoms with Crippen LogP contribution in [0.15, 0.2) is 48.5 Å². The lowest BCUT2D eigenvalue weighted by atomic mass is 10.0. The normalized spacial score (nSPS) is 13.3. The van der Waals surface area contributed by atoms with Crippen LogP contribution in [0.3, 0.4) is 0 Å². The summed E-state index contributed by atoms with van der Waals surface area (Å²) in [5.74, 6) is -1.45. The van der Waals surface area contributed by atoms with Crippen LogP contribution in [0.2, 0.25) is 0 Å². The minimum absolute atomic E-state index is 0.0368. The lowest BCUT2D eigenvalue weighted by molar-refractivity contribution is -0.0504. The van der Waals surface area contributed by atoms with Gasteiger partial charge in [0.05, 0.1) is 18.2 Å². The standard InChI is InChI=1S/C18H8F6N2O6S2/c1-26-16(12-4-8-14(9-5-12)32-34(29,30)18(22,23)24)15(10-25)11-2-6-13(7-3-11)31-33(27,28)17(19,20)21/h2-9H/b16-15-. The second-order valence-corrected chi connectivity index (χ2v) is 9.04. The Morgan fingerprint density at radius 3 is 1.41 bits per heavy atom. The maximum atomic E-state index is 12.4. The summed E-state index contributed by atoms with van der Waals surface area (Å²) in [5, 5.41) is 9.45. The van der Waals surface area contributed by atoms with E-state index in [0.29, 0.717) is 0 Å². The summed E-state index contributed by atoms with van der Waals surface area (Å²) in [6, 6.07) is 8.89. The number of nitrogens with zero attached hydrogens (tertiary/aromatic N) is 2. The van der Waals surface area contributed by atoms with E-state index in [1.165, 1.54) is 0 Å². The van der Waals surface area contributed by atoms with Crippen molar-refractivity contribution in [3.63, 3.8) is 0 Å². The van der Waals surface area contributed by atoms with E-state index in [1.54, 1.807) is 6.07 Å². The zero-order chi connectivity index (χ0) is 25.9. The van der Waals surface area contributed by atoms with Crippen molar-refractivity contribution in [3.8, 4) is 17.6 Å². The Morgan fingerprint density at radius 2 is 1.12 bits per heavy atom. The molecule has 0 heterocycles. The number of rotatable bonds is 6. The Kier molecular flexibility index (Phi) is 7.20. The highest BCUT2D eigenvalue weighted by Crippen LogP contribution is 2.32. The van der Waals surface area contributed by atoms with Crippen molar-refractivity contribution in [2.24, 2.45) is 0 Å². The van der Waals surface area contributed by atoms with Crippen molar-refractivity contribution >= 4 is 31.5 Å². The topological polar surface area (TPSA) is 115 Å². The fraction of sp³-hybridized carbons (Fsp3) is 0.111. The van der Waals surface area contributed by atoms with E-state index in [0.717, 1.165) is 48.5 Å². The van der Waals surface area contributed by atoms with Gasteiger partial charge in [-0.1, -0.05) is 24.3 Å². The molecule has 16 heteroatoms. The maximum Gasteiger partial charge on any atom is 0.534 e. The molecule has 0 aromatic heterocycles. The molecule has 0 saturated carbocycles. The summed E-state index contributed by atoms with van der Waals surface area (Å²) in [6.07, 6.45) is 0. The van der Waals surface area contributed by atoms with Crippen molar-refractivity contribution in [2.45, 2.75) is 11.0 Å². The van der Waals surface area contributed by atoms with Crippen molar-refractivity contribution in [1.29, 1.82) is 5.26 Å². The van der Waals surface area contributed by atoms with E-state index in [9.17, 15) is 48.4 Å². The highest BCUT2D eigenvalue weighted by Gasteiger charge is 2.49. The Balaban J connectivity index is 2.39. The minimum atomic E-state index is -5.93. The molecule has 2 aromatic rings. The summed E-state index contributed by atoms with van der Waals surface area (Å²) in [4.78, 5) is 3.16. The molecule has 0 amide bonds. The smallest absolute Gasteiger partial charge is 0.376 e.